The molecule has 3 rings (SSSR count). The molecule has 1 aliphatic heterocycles. The van der Waals surface area contributed by atoms with Crippen molar-refractivity contribution in [2.75, 3.05) is 13.1 Å². The molecule has 0 spiro atoms. The van der Waals surface area contributed by atoms with Crippen LogP contribution in [-0.4, -0.2) is 53.7 Å². The van der Waals surface area contributed by atoms with Crippen LogP contribution in [0.2, 0.25) is 5.02 Å². The fraction of sp³-hybridized carbons (Fsp3) is 0.667. The Morgan fingerprint density at radius 2 is 1.77 bits per heavy atom. The summed E-state index contributed by atoms with van der Waals surface area (Å²) in [6, 6.07) is 7.58. The van der Waals surface area contributed by atoms with E-state index >= 15 is 0 Å². The Kier molecular flexibility index (Phi) is 8.23. The molecule has 1 unspecified atom stereocenters. The first-order chi connectivity index (χ1) is 14.7. The van der Waals surface area contributed by atoms with Crippen LogP contribution in [0.3, 0.4) is 0 Å². The van der Waals surface area contributed by atoms with Gasteiger partial charge in [0.1, 0.15) is 11.6 Å². The van der Waals surface area contributed by atoms with Gasteiger partial charge in [-0.1, -0.05) is 43.0 Å². The third-order valence-electron chi connectivity index (χ3n) is 5.92. The molecule has 1 saturated heterocycles. The molecule has 2 N–H and O–H groups in total. The summed E-state index contributed by atoms with van der Waals surface area (Å²) in [5, 5.41) is 7.19. The highest BCUT2D eigenvalue weighted by Gasteiger charge is 2.33. The number of carbonyl (C=O) groups is 2. The molecule has 0 aromatic heterocycles. The first kappa shape index (κ1) is 23.9. The highest BCUT2D eigenvalue weighted by atomic mass is 35.5. The predicted octanol–water partition coefficient (Wildman–Crippen LogP) is 4.30. The van der Waals surface area contributed by atoms with Crippen molar-refractivity contribution in [1.29, 1.82) is 0 Å². The Bertz CT molecular complexity index is 741. The fourth-order valence-electron chi connectivity index (χ4n) is 4.43. The monoisotopic (exact) mass is 449 g/mol. The number of ether oxygens (including phenoxy) is 1. The van der Waals surface area contributed by atoms with Crippen LogP contribution in [0.25, 0.3) is 0 Å². The zero-order valence-electron chi connectivity index (χ0n) is 19.0. The number of alkyl carbamates (subject to hydrolysis) is 1. The number of hydrogen-bond donors (Lipinski definition) is 2. The van der Waals surface area contributed by atoms with Crippen molar-refractivity contribution in [3.8, 4) is 0 Å². The van der Waals surface area contributed by atoms with Crippen LogP contribution in [0.1, 0.15) is 64.9 Å². The molecule has 6 nitrogen and oxygen atoms in total. The number of hydrogen-bond acceptors (Lipinski definition) is 4. The number of benzene rings is 1. The van der Waals surface area contributed by atoms with Gasteiger partial charge in [-0.2, -0.15) is 0 Å². The van der Waals surface area contributed by atoms with E-state index in [0.29, 0.717) is 36.6 Å². The van der Waals surface area contributed by atoms with Gasteiger partial charge < -0.3 is 20.3 Å². The molecular weight excluding hydrogens is 414 g/mol. The molecule has 1 saturated carbocycles. The molecular formula is C24H36ClN3O3. The standard InChI is InChI=1S/C24H36ClN3O3/c1-24(2,3)31-23(30)27-21(15-17-9-11-18(25)12-10-17)22(29)28-14-13-20(16-28)26-19-7-5-4-6-8-19/h9-12,19-21,26H,4-8,13-16H2,1-3H3,(H,27,30)/t20-,21?/m0/s1. The molecule has 172 valence electrons. The van der Waals surface area contributed by atoms with E-state index in [-0.39, 0.29) is 5.91 Å². The molecule has 2 aliphatic rings. The van der Waals surface area contributed by atoms with Gasteiger partial charge in [0.25, 0.3) is 0 Å². The number of amides is 2. The van der Waals surface area contributed by atoms with E-state index in [9.17, 15) is 9.59 Å². The number of rotatable bonds is 6. The van der Waals surface area contributed by atoms with Crippen LogP contribution in [-0.2, 0) is 16.0 Å². The van der Waals surface area contributed by atoms with Crippen molar-refractivity contribution < 1.29 is 14.3 Å². The lowest BCUT2D eigenvalue weighted by Crippen LogP contribution is -2.51. The highest BCUT2D eigenvalue weighted by Crippen LogP contribution is 2.21. The van der Waals surface area contributed by atoms with Crippen molar-refractivity contribution >= 4 is 23.6 Å². The van der Waals surface area contributed by atoms with Crippen LogP contribution in [0, 0.1) is 0 Å². The van der Waals surface area contributed by atoms with Crippen molar-refractivity contribution in [1.82, 2.24) is 15.5 Å². The molecule has 1 aromatic rings. The van der Waals surface area contributed by atoms with Gasteiger partial charge in [0.15, 0.2) is 0 Å². The molecule has 1 aliphatic carbocycles. The lowest BCUT2D eigenvalue weighted by molar-refractivity contribution is -0.132. The van der Waals surface area contributed by atoms with Gasteiger partial charge >= 0.3 is 6.09 Å². The summed E-state index contributed by atoms with van der Waals surface area (Å²) in [4.78, 5) is 27.7. The van der Waals surface area contributed by atoms with Crippen LogP contribution < -0.4 is 10.6 Å². The highest BCUT2D eigenvalue weighted by molar-refractivity contribution is 6.30. The maximum absolute atomic E-state index is 13.4. The average Bonchev–Trinajstić information content (AvgIpc) is 3.16. The van der Waals surface area contributed by atoms with Gasteiger partial charge in [-0.25, -0.2) is 4.79 Å². The van der Waals surface area contributed by atoms with Gasteiger partial charge in [-0.05, 0) is 57.7 Å². The summed E-state index contributed by atoms with van der Waals surface area (Å²) in [6.07, 6.45) is 7.13. The second kappa shape index (κ2) is 10.7. The average molecular weight is 450 g/mol. The molecule has 2 atom stereocenters. The number of nitrogens with zero attached hydrogens (tertiary/aromatic N) is 1. The van der Waals surface area contributed by atoms with Crippen LogP contribution in [0.4, 0.5) is 4.79 Å². The van der Waals surface area contributed by atoms with E-state index in [4.69, 9.17) is 16.3 Å². The molecule has 1 heterocycles. The minimum Gasteiger partial charge on any atom is -0.444 e. The zero-order valence-corrected chi connectivity index (χ0v) is 19.7. The third-order valence-corrected chi connectivity index (χ3v) is 6.17. The Morgan fingerprint density at radius 3 is 2.42 bits per heavy atom. The topological polar surface area (TPSA) is 70.7 Å². The summed E-state index contributed by atoms with van der Waals surface area (Å²) in [7, 11) is 0. The van der Waals surface area contributed by atoms with Gasteiger partial charge in [0, 0.05) is 36.6 Å². The van der Waals surface area contributed by atoms with E-state index < -0.39 is 17.7 Å². The number of nitrogens with one attached hydrogen (secondary N) is 2. The molecule has 0 radical (unpaired) electrons. The summed E-state index contributed by atoms with van der Waals surface area (Å²) in [6.45, 7) is 6.82. The van der Waals surface area contributed by atoms with Crippen molar-refractivity contribution in [3.63, 3.8) is 0 Å². The molecule has 2 amide bonds. The second-order valence-electron chi connectivity index (χ2n) is 9.80. The Balaban J connectivity index is 1.63. The normalized spacial score (nSPS) is 21.0. The molecule has 31 heavy (non-hydrogen) atoms. The lowest BCUT2D eigenvalue weighted by Gasteiger charge is -2.28. The third kappa shape index (κ3) is 7.69. The van der Waals surface area contributed by atoms with Crippen molar-refractivity contribution in [2.24, 2.45) is 0 Å². The fourth-order valence-corrected chi connectivity index (χ4v) is 4.55. The minimum atomic E-state index is -0.676. The predicted molar refractivity (Wildman–Crippen MR) is 123 cm³/mol. The minimum absolute atomic E-state index is 0.0613. The van der Waals surface area contributed by atoms with E-state index in [1.165, 1.54) is 32.1 Å². The van der Waals surface area contributed by atoms with Crippen LogP contribution in [0.5, 0.6) is 0 Å². The maximum Gasteiger partial charge on any atom is 0.408 e. The summed E-state index contributed by atoms with van der Waals surface area (Å²) < 4.78 is 5.41. The molecule has 0 bridgehead atoms. The number of likely N-dealkylation sites (tertiary alicyclic amines) is 1. The molecule has 1 aromatic carbocycles. The van der Waals surface area contributed by atoms with Crippen molar-refractivity contribution in [2.45, 2.75) is 89.4 Å². The Morgan fingerprint density at radius 1 is 1.10 bits per heavy atom. The largest absolute Gasteiger partial charge is 0.444 e. The number of carbonyl (C=O) groups excluding carboxylic acids is 2. The molecule has 2 fully saturated rings. The lowest BCUT2D eigenvalue weighted by atomic mass is 9.95. The summed E-state index contributed by atoms with van der Waals surface area (Å²) in [5.74, 6) is -0.0613. The Labute approximate surface area is 191 Å². The maximum atomic E-state index is 13.4. The Hall–Kier alpha value is -1.79. The first-order valence-corrected chi connectivity index (χ1v) is 11.9. The van der Waals surface area contributed by atoms with Gasteiger partial charge in [0.2, 0.25) is 5.91 Å². The van der Waals surface area contributed by atoms with Gasteiger partial charge in [-0.3, -0.25) is 4.79 Å². The van der Waals surface area contributed by atoms with Gasteiger partial charge in [0.05, 0.1) is 0 Å². The van der Waals surface area contributed by atoms with Crippen molar-refractivity contribution in [3.05, 3.63) is 34.9 Å². The smallest absolute Gasteiger partial charge is 0.408 e. The van der Waals surface area contributed by atoms with E-state index in [1.807, 2.05) is 37.8 Å². The van der Waals surface area contributed by atoms with E-state index in [2.05, 4.69) is 10.6 Å². The molecule has 7 heteroatoms. The first-order valence-electron chi connectivity index (χ1n) is 11.5. The summed E-state index contributed by atoms with van der Waals surface area (Å²) in [5.41, 5.74) is 0.315. The van der Waals surface area contributed by atoms with Gasteiger partial charge in [-0.15, -0.1) is 0 Å². The SMILES string of the molecule is CC(C)(C)OC(=O)NC(Cc1ccc(Cl)cc1)C(=O)N1CC[C@H](NC2CCCCC2)C1. The van der Waals surface area contributed by atoms with Crippen LogP contribution >= 0.6 is 11.6 Å². The summed E-state index contributed by atoms with van der Waals surface area (Å²) >= 11 is 6.00. The van der Waals surface area contributed by atoms with E-state index in [0.717, 1.165) is 12.0 Å². The number of halogens is 1. The zero-order chi connectivity index (χ0) is 22.4. The second-order valence-corrected chi connectivity index (χ2v) is 10.2. The van der Waals surface area contributed by atoms with Crippen LogP contribution in [0.15, 0.2) is 24.3 Å². The van der Waals surface area contributed by atoms with E-state index in [1.54, 1.807) is 12.1 Å². The quantitative estimate of drug-likeness (QED) is 0.679.